The smallest absolute Gasteiger partial charge is 0.134 e. The van der Waals surface area contributed by atoms with Gasteiger partial charge >= 0.3 is 0 Å². The molecular formula is C15H18N4O. The monoisotopic (exact) mass is 270 g/mol. The first-order valence-corrected chi connectivity index (χ1v) is 6.85. The summed E-state index contributed by atoms with van der Waals surface area (Å²) in [4.78, 5) is 0. The maximum atomic E-state index is 5.66. The molecule has 3 aromatic rings. The minimum absolute atomic E-state index is 0.0404. The zero-order chi connectivity index (χ0) is 13.9. The van der Waals surface area contributed by atoms with E-state index in [0.717, 1.165) is 35.2 Å². The highest BCUT2D eigenvalue weighted by Gasteiger charge is 2.21. The zero-order valence-electron chi connectivity index (χ0n) is 11.7. The molecule has 0 spiro atoms. The maximum absolute atomic E-state index is 5.66. The first kappa shape index (κ1) is 12.9. The molecule has 0 saturated carbocycles. The summed E-state index contributed by atoms with van der Waals surface area (Å²) in [6, 6.07) is 8.12. The highest BCUT2D eigenvalue weighted by molar-refractivity contribution is 5.81. The third-order valence-electron chi connectivity index (χ3n) is 3.47. The third-order valence-corrected chi connectivity index (χ3v) is 3.47. The minimum atomic E-state index is 0.0404. The molecule has 0 amide bonds. The fourth-order valence-electron chi connectivity index (χ4n) is 2.44. The Hall–Kier alpha value is -2.14. The number of benzene rings is 1. The molecule has 0 radical (unpaired) electrons. The van der Waals surface area contributed by atoms with Crippen LogP contribution < -0.4 is 5.32 Å². The van der Waals surface area contributed by atoms with Gasteiger partial charge in [-0.3, -0.25) is 4.68 Å². The summed E-state index contributed by atoms with van der Waals surface area (Å²) in [7, 11) is 1.91. The molecule has 1 atom stereocenters. The molecule has 0 aliphatic carbocycles. The third kappa shape index (κ3) is 2.20. The molecule has 0 saturated heterocycles. The van der Waals surface area contributed by atoms with Crippen molar-refractivity contribution in [2.24, 2.45) is 7.05 Å². The van der Waals surface area contributed by atoms with Crippen LogP contribution in [0.3, 0.4) is 0 Å². The Balaban J connectivity index is 2.07. The van der Waals surface area contributed by atoms with E-state index in [1.54, 1.807) is 10.9 Å². The molecule has 1 N–H and O–H groups in total. The van der Waals surface area contributed by atoms with Gasteiger partial charge < -0.3 is 9.73 Å². The molecule has 1 unspecified atom stereocenters. The molecule has 0 aliphatic heterocycles. The van der Waals surface area contributed by atoms with Crippen LogP contribution in [0.1, 0.15) is 30.6 Å². The number of hydrogen-bond donors (Lipinski definition) is 1. The standard InChI is InChI=1S/C15H18N4O/c1-3-8-16-15(13-9-17-18-19(13)2)12-10-20-14-7-5-4-6-11(12)14/h4-7,9-10,15-16H,3,8H2,1-2H3. The Morgan fingerprint density at radius 3 is 2.95 bits per heavy atom. The van der Waals surface area contributed by atoms with Crippen molar-refractivity contribution in [3.05, 3.63) is 48.0 Å². The van der Waals surface area contributed by atoms with Crippen LogP contribution in [0.2, 0.25) is 0 Å². The Bertz CT molecular complexity index is 701. The molecule has 0 bridgehead atoms. The highest BCUT2D eigenvalue weighted by Crippen LogP contribution is 2.29. The lowest BCUT2D eigenvalue weighted by Gasteiger charge is -2.17. The molecule has 0 aliphatic rings. The first-order valence-electron chi connectivity index (χ1n) is 6.85. The summed E-state index contributed by atoms with van der Waals surface area (Å²) in [6.07, 6.45) is 4.69. The predicted octanol–water partition coefficient (Wildman–Crippen LogP) is 2.65. The number of aromatic nitrogens is 3. The van der Waals surface area contributed by atoms with Crippen molar-refractivity contribution in [2.75, 3.05) is 6.54 Å². The van der Waals surface area contributed by atoms with Crippen LogP contribution in [0.5, 0.6) is 0 Å². The van der Waals surface area contributed by atoms with E-state index in [-0.39, 0.29) is 6.04 Å². The van der Waals surface area contributed by atoms with Crippen LogP contribution >= 0.6 is 0 Å². The van der Waals surface area contributed by atoms with E-state index in [2.05, 4.69) is 28.6 Å². The Labute approximate surface area is 117 Å². The quantitative estimate of drug-likeness (QED) is 0.774. The van der Waals surface area contributed by atoms with Gasteiger partial charge in [-0.05, 0) is 19.0 Å². The van der Waals surface area contributed by atoms with Crippen LogP contribution in [0, 0.1) is 0 Å². The van der Waals surface area contributed by atoms with Crippen molar-refractivity contribution in [1.29, 1.82) is 0 Å². The van der Waals surface area contributed by atoms with Crippen LogP contribution in [0.15, 0.2) is 41.1 Å². The number of nitrogens with one attached hydrogen (secondary N) is 1. The highest BCUT2D eigenvalue weighted by atomic mass is 16.3. The number of fused-ring (bicyclic) bond motifs is 1. The number of rotatable bonds is 5. The number of nitrogens with zero attached hydrogens (tertiary/aromatic N) is 3. The van der Waals surface area contributed by atoms with E-state index < -0.39 is 0 Å². The van der Waals surface area contributed by atoms with Gasteiger partial charge in [0.2, 0.25) is 0 Å². The van der Waals surface area contributed by atoms with E-state index in [0.29, 0.717) is 0 Å². The fraction of sp³-hybridized carbons (Fsp3) is 0.333. The largest absolute Gasteiger partial charge is 0.464 e. The van der Waals surface area contributed by atoms with Gasteiger partial charge in [-0.1, -0.05) is 30.3 Å². The van der Waals surface area contributed by atoms with Crippen molar-refractivity contribution in [3.8, 4) is 0 Å². The average Bonchev–Trinajstić information content (AvgIpc) is 3.07. The van der Waals surface area contributed by atoms with Gasteiger partial charge in [0.05, 0.1) is 24.2 Å². The van der Waals surface area contributed by atoms with Gasteiger partial charge in [0.1, 0.15) is 5.58 Å². The number of aryl methyl sites for hydroxylation is 1. The summed E-state index contributed by atoms with van der Waals surface area (Å²) in [5, 5.41) is 12.7. The van der Waals surface area contributed by atoms with Gasteiger partial charge in [0.25, 0.3) is 0 Å². The van der Waals surface area contributed by atoms with E-state index in [9.17, 15) is 0 Å². The van der Waals surface area contributed by atoms with E-state index in [1.165, 1.54) is 0 Å². The van der Waals surface area contributed by atoms with Crippen molar-refractivity contribution < 1.29 is 4.42 Å². The lowest BCUT2D eigenvalue weighted by molar-refractivity contribution is 0.539. The Morgan fingerprint density at radius 2 is 2.20 bits per heavy atom. The van der Waals surface area contributed by atoms with Gasteiger partial charge in [-0.15, -0.1) is 5.10 Å². The molecule has 5 nitrogen and oxygen atoms in total. The zero-order valence-corrected chi connectivity index (χ0v) is 11.7. The SMILES string of the molecule is CCCNC(c1coc2ccccc12)c1cnnn1C. The first-order chi connectivity index (χ1) is 9.81. The Morgan fingerprint density at radius 1 is 1.35 bits per heavy atom. The minimum Gasteiger partial charge on any atom is -0.464 e. The molecule has 1 aromatic carbocycles. The Kier molecular flexibility index (Phi) is 3.52. The molecule has 3 rings (SSSR count). The molecule has 5 heteroatoms. The van der Waals surface area contributed by atoms with Gasteiger partial charge in [-0.25, -0.2) is 0 Å². The molecule has 104 valence electrons. The maximum Gasteiger partial charge on any atom is 0.134 e. The number of hydrogen-bond acceptors (Lipinski definition) is 4. The molecule has 0 fully saturated rings. The van der Waals surface area contributed by atoms with Crippen molar-refractivity contribution in [2.45, 2.75) is 19.4 Å². The summed E-state index contributed by atoms with van der Waals surface area (Å²) in [5.74, 6) is 0. The van der Waals surface area contributed by atoms with Crippen LogP contribution in [-0.2, 0) is 7.05 Å². The lowest BCUT2D eigenvalue weighted by Crippen LogP contribution is -2.25. The van der Waals surface area contributed by atoms with E-state index in [1.807, 2.05) is 31.5 Å². The van der Waals surface area contributed by atoms with Crippen molar-refractivity contribution in [3.63, 3.8) is 0 Å². The fourth-order valence-corrected chi connectivity index (χ4v) is 2.44. The predicted molar refractivity (Wildman–Crippen MR) is 77.4 cm³/mol. The summed E-state index contributed by atoms with van der Waals surface area (Å²) in [5.41, 5.74) is 3.06. The molecule has 20 heavy (non-hydrogen) atoms. The van der Waals surface area contributed by atoms with Crippen molar-refractivity contribution >= 4 is 11.0 Å². The lowest BCUT2D eigenvalue weighted by atomic mass is 10.0. The van der Waals surface area contributed by atoms with Gasteiger partial charge in [0.15, 0.2) is 0 Å². The van der Waals surface area contributed by atoms with E-state index in [4.69, 9.17) is 4.42 Å². The molecule has 2 heterocycles. The van der Waals surface area contributed by atoms with Crippen LogP contribution in [-0.4, -0.2) is 21.5 Å². The van der Waals surface area contributed by atoms with E-state index >= 15 is 0 Å². The second-order valence-corrected chi connectivity index (χ2v) is 4.86. The second-order valence-electron chi connectivity index (χ2n) is 4.86. The van der Waals surface area contributed by atoms with Gasteiger partial charge in [0, 0.05) is 18.0 Å². The van der Waals surface area contributed by atoms with Crippen LogP contribution in [0.25, 0.3) is 11.0 Å². The van der Waals surface area contributed by atoms with Crippen molar-refractivity contribution in [1.82, 2.24) is 20.3 Å². The summed E-state index contributed by atoms with van der Waals surface area (Å²) in [6.45, 7) is 3.08. The average molecular weight is 270 g/mol. The number of furan rings is 1. The normalized spacial score (nSPS) is 12.9. The summed E-state index contributed by atoms with van der Waals surface area (Å²) >= 11 is 0. The molecular weight excluding hydrogens is 252 g/mol. The van der Waals surface area contributed by atoms with Gasteiger partial charge in [-0.2, -0.15) is 0 Å². The van der Waals surface area contributed by atoms with Crippen LogP contribution in [0.4, 0.5) is 0 Å². The summed E-state index contributed by atoms with van der Waals surface area (Å²) < 4.78 is 7.46. The topological polar surface area (TPSA) is 55.9 Å². The molecule has 2 aromatic heterocycles. The second kappa shape index (κ2) is 5.46. The number of para-hydroxylation sites is 1.